The van der Waals surface area contributed by atoms with E-state index in [0.717, 1.165) is 5.33 Å². The first-order chi connectivity index (χ1) is 6.36. The molecule has 0 aliphatic carbocycles. The number of nitrogens with two attached hydrogens (primary N) is 1. The average molecular weight is 242 g/mol. The third-order valence-electron chi connectivity index (χ3n) is 2.11. The van der Waals surface area contributed by atoms with E-state index >= 15 is 0 Å². The van der Waals surface area contributed by atoms with Crippen molar-refractivity contribution in [3.8, 4) is 0 Å². The second-order valence-corrected chi connectivity index (χ2v) is 3.96. The maximum Gasteiger partial charge on any atom is 0.0178 e. The van der Waals surface area contributed by atoms with Crippen LogP contribution < -0.4 is 5.73 Å². The van der Waals surface area contributed by atoms with E-state index in [1.165, 1.54) is 30.4 Å². The van der Waals surface area contributed by atoms with E-state index in [0.29, 0.717) is 6.54 Å². The molecular formula is C11H16BrN. The molecule has 0 amide bonds. The van der Waals surface area contributed by atoms with Gasteiger partial charge in [-0.2, -0.15) is 0 Å². The molecule has 0 bridgehead atoms. The maximum atomic E-state index is 5.52. The fraction of sp³-hybridized carbons (Fsp3) is 0.455. The summed E-state index contributed by atoms with van der Waals surface area (Å²) in [5.74, 6) is 0. The molecule has 1 nitrogen and oxygen atoms in total. The van der Waals surface area contributed by atoms with Crippen LogP contribution in [0.2, 0.25) is 0 Å². The monoisotopic (exact) mass is 241 g/mol. The number of hydrogen-bond acceptors (Lipinski definition) is 1. The molecule has 0 fully saturated rings. The lowest BCUT2D eigenvalue weighted by molar-refractivity contribution is 0.805. The van der Waals surface area contributed by atoms with E-state index in [-0.39, 0.29) is 0 Å². The average Bonchev–Trinajstić information content (AvgIpc) is 2.19. The Labute approximate surface area is 88.5 Å². The van der Waals surface area contributed by atoms with Crippen LogP contribution in [0.4, 0.5) is 0 Å². The zero-order valence-corrected chi connectivity index (χ0v) is 9.39. The third kappa shape index (κ3) is 3.92. The van der Waals surface area contributed by atoms with Gasteiger partial charge in [0.25, 0.3) is 0 Å². The Balaban J connectivity index is 2.40. The summed E-state index contributed by atoms with van der Waals surface area (Å²) in [5, 5.41) is 1.11. The predicted octanol–water partition coefficient (Wildman–Crippen LogP) is 2.86. The zero-order chi connectivity index (χ0) is 9.52. The van der Waals surface area contributed by atoms with E-state index in [1.54, 1.807) is 0 Å². The van der Waals surface area contributed by atoms with E-state index < -0.39 is 0 Å². The Morgan fingerprint density at radius 2 is 1.62 bits per heavy atom. The first kappa shape index (κ1) is 10.7. The Morgan fingerprint density at radius 3 is 2.15 bits per heavy atom. The van der Waals surface area contributed by atoms with Gasteiger partial charge in [-0.15, -0.1) is 0 Å². The van der Waals surface area contributed by atoms with Gasteiger partial charge in [-0.3, -0.25) is 0 Å². The van der Waals surface area contributed by atoms with Crippen molar-refractivity contribution >= 4 is 15.9 Å². The predicted molar refractivity (Wildman–Crippen MR) is 61.1 cm³/mol. The van der Waals surface area contributed by atoms with Gasteiger partial charge in [-0.25, -0.2) is 0 Å². The van der Waals surface area contributed by atoms with Crippen molar-refractivity contribution in [3.05, 3.63) is 35.4 Å². The Kier molecular flexibility index (Phi) is 5.09. The van der Waals surface area contributed by atoms with Gasteiger partial charge in [0.2, 0.25) is 0 Å². The smallest absolute Gasteiger partial charge is 0.0178 e. The molecule has 0 saturated heterocycles. The van der Waals surface area contributed by atoms with E-state index in [1.807, 2.05) is 0 Å². The summed E-state index contributed by atoms with van der Waals surface area (Å²) in [6.45, 7) is 0.641. The second-order valence-electron chi connectivity index (χ2n) is 3.17. The standard InChI is InChI=1S/C11H16BrN/c12-8-2-1-3-10-4-6-11(9-13)7-5-10/h4-7H,1-3,8-9,13H2. The maximum absolute atomic E-state index is 5.52. The molecule has 0 atom stereocenters. The SMILES string of the molecule is NCc1ccc(CCCCBr)cc1. The quantitative estimate of drug-likeness (QED) is 0.623. The van der Waals surface area contributed by atoms with Crippen molar-refractivity contribution < 1.29 is 0 Å². The minimum Gasteiger partial charge on any atom is -0.326 e. The third-order valence-corrected chi connectivity index (χ3v) is 2.67. The van der Waals surface area contributed by atoms with Crippen LogP contribution in [0.3, 0.4) is 0 Å². The number of hydrogen-bond donors (Lipinski definition) is 1. The molecule has 0 radical (unpaired) electrons. The number of aryl methyl sites for hydroxylation is 1. The normalized spacial score (nSPS) is 10.3. The highest BCUT2D eigenvalue weighted by molar-refractivity contribution is 9.09. The molecule has 0 aromatic heterocycles. The van der Waals surface area contributed by atoms with Gasteiger partial charge < -0.3 is 5.73 Å². The van der Waals surface area contributed by atoms with Gasteiger partial charge in [0.05, 0.1) is 0 Å². The summed E-state index contributed by atoms with van der Waals surface area (Å²) in [6.07, 6.45) is 3.68. The van der Waals surface area contributed by atoms with Crippen molar-refractivity contribution in [2.45, 2.75) is 25.8 Å². The van der Waals surface area contributed by atoms with Crippen molar-refractivity contribution in [2.24, 2.45) is 5.73 Å². The summed E-state index contributed by atoms with van der Waals surface area (Å²) in [4.78, 5) is 0. The van der Waals surface area contributed by atoms with E-state index in [9.17, 15) is 0 Å². The molecule has 0 aliphatic heterocycles. The van der Waals surface area contributed by atoms with Gasteiger partial charge in [-0.1, -0.05) is 40.2 Å². The summed E-state index contributed by atoms with van der Waals surface area (Å²) in [7, 11) is 0. The van der Waals surface area contributed by atoms with Gasteiger partial charge >= 0.3 is 0 Å². The van der Waals surface area contributed by atoms with Crippen molar-refractivity contribution in [1.82, 2.24) is 0 Å². The molecule has 1 rings (SSSR count). The van der Waals surface area contributed by atoms with Crippen LogP contribution >= 0.6 is 15.9 Å². The molecule has 1 aromatic carbocycles. The minimum atomic E-state index is 0.641. The molecule has 2 heteroatoms. The van der Waals surface area contributed by atoms with Gasteiger partial charge in [0, 0.05) is 11.9 Å². The van der Waals surface area contributed by atoms with Crippen molar-refractivity contribution in [2.75, 3.05) is 5.33 Å². The lowest BCUT2D eigenvalue weighted by atomic mass is 10.1. The Hall–Kier alpha value is -0.340. The van der Waals surface area contributed by atoms with Gasteiger partial charge in [-0.05, 0) is 30.4 Å². The molecule has 0 saturated carbocycles. The van der Waals surface area contributed by atoms with E-state index in [4.69, 9.17) is 5.73 Å². The molecule has 72 valence electrons. The van der Waals surface area contributed by atoms with Crippen LogP contribution in [0.1, 0.15) is 24.0 Å². The highest BCUT2D eigenvalue weighted by Crippen LogP contribution is 2.08. The fourth-order valence-electron chi connectivity index (χ4n) is 1.27. The van der Waals surface area contributed by atoms with Gasteiger partial charge in [0.1, 0.15) is 0 Å². The lowest BCUT2D eigenvalue weighted by Crippen LogP contribution is -1.96. The van der Waals surface area contributed by atoms with Crippen LogP contribution in [0.25, 0.3) is 0 Å². The molecule has 0 unspecified atom stereocenters. The van der Waals surface area contributed by atoms with Crippen LogP contribution in [-0.2, 0) is 13.0 Å². The summed E-state index contributed by atoms with van der Waals surface area (Å²) in [6, 6.07) is 8.58. The second kappa shape index (κ2) is 6.17. The fourth-order valence-corrected chi connectivity index (χ4v) is 1.66. The first-order valence-electron chi connectivity index (χ1n) is 4.70. The molecule has 0 heterocycles. The van der Waals surface area contributed by atoms with Crippen molar-refractivity contribution in [1.29, 1.82) is 0 Å². The highest BCUT2D eigenvalue weighted by atomic mass is 79.9. The van der Waals surface area contributed by atoms with Crippen LogP contribution in [0.5, 0.6) is 0 Å². The first-order valence-corrected chi connectivity index (χ1v) is 5.83. The minimum absolute atomic E-state index is 0.641. The molecule has 2 N–H and O–H groups in total. The zero-order valence-electron chi connectivity index (χ0n) is 7.80. The van der Waals surface area contributed by atoms with Crippen LogP contribution in [0, 0.1) is 0 Å². The summed E-state index contributed by atoms with van der Waals surface area (Å²) < 4.78 is 0. The van der Waals surface area contributed by atoms with Crippen LogP contribution in [-0.4, -0.2) is 5.33 Å². The Morgan fingerprint density at radius 1 is 1.00 bits per heavy atom. The molecule has 0 spiro atoms. The number of unbranched alkanes of at least 4 members (excludes halogenated alkanes) is 1. The number of benzene rings is 1. The number of rotatable bonds is 5. The molecule has 13 heavy (non-hydrogen) atoms. The largest absolute Gasteiger partial charge is 0.326 e. The lowest BCUT2D eigenvalue weighted by Gasteiger charge is -2.01. The molecular weight excluding hydrogens is 226 g/mol. The number of alkyl halides is 1. The van der Waals surface area contributed by atoms with Crippen molar-refractivity contribution in [3.63, 3.8) is 0 Å². The van der Waals surface area contributed by atoms with Crippen LogP contribution in [0.15, 0.2) is 24.3 Å². The topological polar surface area (TPSA) is 26.0 Å². The molecule has 1 aromatic rings. The van der Waals surface area contributed by atoms with E-state index in [2.05, 4.69) is 40.2 Å². The van der Waals surface area contributed by atoms with Gasteiger partial charge in [0.15, 0.2) is 0 Å². The Bertz CT molecular complexity index is 230. The summed E-state index contributed by atoms with van der Waals surface area (Å²) in [5.41, 5.74) is 8.14. The highest BCUT2D eigenvalue weighted by Gasteiger charge is 1.93. The summed E-state index contributed by atoms with van der Waals surface area (Å²) >= 11 is 3.43. The number of halogens is 1. The molecule has 0 aliphatic rings.